The molecule has 2 fully saturated rings. The van der Waals surface area contributed by atoms with E-state index < -0.39 is 5.92 Å². The molecule has 2 aromatic rings. The zero-order valence-electron chi connectivity index (χ0n) is 19.0. The number of likely N-dealkylation sites (N-methyl/N-ethyl adjacent to an activating group) is 1. The molecule has 1 atom stereocenters. The number of hydrogen-bond donors (Lipinski definition) is 1. The van der Waals surface area contributed by atoms with Crippen LogP contribution in [-0.2, 0) is 16.1 Å². The number of aromatic nitrogens is 1. The molecule has 8 heteroatoms. The maximum atomic E-state index is 12.9. The number of carbonyl (C=O) groups is 2. The fourth-order valence-electron chi connectivity index (χ4n) is 4.32. The highest BCUT2D eigenvalue weighted by atomic mass is 16.5. The third-order valence-corrected chi connectivity index (χ3v) is 6.24. The zero-order valence-corrected chi connectivity index (χ0v) is 19.0. The molecule has 0 radical (unpaired) electrons. The van der Waals surface area contributed by atoms with Gasteiger partial charge in [0.2, 0.25) is 11.8 Å². The van der Waals surface area contributed by atoms with Gasteiger partial charge in [-0.1, -0.05) is 12.1 Å². The third-order valence-electron chi connectivity index (χ3n) is 6.24. The second-order valence-corrected chi connectivity index (χ2v) is 8.57. The van der Waals surface area contributed by atoms with Gasteiger partial charge >= 0.3 is 0 Å². The van der Waals surface area contributed by atoms with Crippen LogP contribution in [-0.4, -0.2) is 68.6 Å². The second-order valence-electron chi connectivity index (χ2n) is 8.57. The van der Waals surface area contributed by atoms with Crippen LogP contribution in [0.4, 0.5) is 11.5 Å². The molecule has 32 heavy (non-hydrogen) atoms. The Bertz CT molecular complexity index is 987. The molecule has 0 bridgehead atoms. The maximum absolute atomic E-state index is 12.9. The number of pyridine rings is 1. The molecule has 3 heterocycles. The van der Waals surface area contributed by atoms with Crippen molar-refractivity contribution >= 4 is 23.3 Å². The van der Waals surface area contributed by atoms with Crippen LogP contribution < -0.4 is 19.9 Å². The smallest absolute Gasteiger partial charge is 0.227 e. The van der Waals surface area contributed by atoms with Crippen molar-refractivity contribution in [3.05, 3.63) is 47.7 Å². The van der Waals surface area contributed by atoms with E-state index in [1.165, 1.54) is 0 Å². The first kappa shape index (κ1) is 22.1. The van der Waals surface area contributed by atoms with Crippen LogP contribution in [0.5, 0.6) is 5.75 Å². The van der Waals surface area contributed by atoms with E-state index in [1.807, 2.05) is 37.3 Å². The number of ether oxygens (including phenoxy) is 1. The van der Waals surface area contributed by atoms with Crippen LogP contribution in [0.3, 0.4) is 0 Å². The summed E-state index contributed by atoms with van der Waals surface area (Å²) in [4.78, 5) is 36.4. The number of hydrogen-bond acceptors (Lipinski definition) is 6. The predicted molar refractivity (Wildman–Crippen MR) is 124 cm³/mol. The Kier molecular flexibility index (Phi) is 6.60. The van der Waals surface area contributed by atoms with Crippen LogP contribution in [0.2, 0.25) is 0 Å². The monoisotopic (exact) mass is 437 g/mol. The van der Waals surface area contributed by atoms with Gasteiger partial charge in [0.25, 0.3) is 0 Å². The number of piperazine rings is 1. The minimum absolute atomic E-state index is 0.0615. The molecule has 1 unspecified atom stereocenters. The van der Waals surface area contributed by atoms with E-state index in [1.54, 1.807) is 18.2 Å². The van der Waals surface area contributed by atoms with E-state index in [0.29, 0.717) is 18.8 Å². The lowest BCUT2D eigenvalue weighted by Crippen LogP contribution is -2.45. The van der Waals surface area contributed by atoms with E-state index >= 15 is 0 Å². The first-order valence-corrected chi connectivity index (χ1v) is 11.1. The maximum Gasteiger partial charge on any atom is 0.227 e. The highest BCUT2D eigenvalue weighted by Crippen LogP contribution is 2.34. The van der Waals surface area contributed by atoms with Crippen molar-refractivity contribution in [3.8, 4) is 5.75 Å². The van der Waals surface area contributed by atoms with Crippen LogP contribution in [0.15, 0.2) is 36.5 Å². The first-order valence-electron chi connectivity index (χ1n) is 11.1. The summed E-state index contributed by atoms with van der Waals surface area (Å²) >= 11 is 0. The number of aryl methyl sites for hydroxylation is 1. The van der Waals surface area contributed by atoms with Crippen molar-refractivity contribution in [2.24, 2.45) is 5.92 Å². The van der Waals surface area contributed by atoms with Gasteiger partial charge in [-0.15, -0.1) is 0 Å². The Morgan fingerprint density at radius 2 is 2.00 bits per heavy atom. The molecule has 1 N–H and O–H groups in total. The van der Waals surface area contributed by atoms with Gasteiger partial charge in [-0.05, 0) is 37.7 Å². The van der Waals surface area contributed by atoms with Gasteiger partial charge in [-0.25, -0.2) is 4.98 Å². The number of methoxy groups -OCH3 is 1. The highest BCUT2D eigenvalue weighted by Gasteiger charge is 2.36. The van der Waals surface area contributed by atoms with E-state index in [4.69, 9.17) is 4.74 Å². The lowest BCUT2D eigenvalue weighted by Gasteiger charge is -2.34. The highest BCUT2D eigenvalue weighted by molar-refractivity contribution is 6.01. The number of rotatable bonds is 6. The molecule has 2 aliphatic heterocycles. The summed E-state index contributed by atoms with van der Waals surface area (Å²) in [7, 11) is 3.71. The lowest BCUT2D eigenvalue weighted by molar-refractivity contribution is -0.126. The quantitative estimate of drug-likeness (QED) is 0.743. The van der Waals surface area contributed by atoms with Gasteiger partial charge in [0.05, 0.1) is 18.7 Å². The van der Waals surface area contributed by atoms with E-state index in [2.05, 4.69) is 27.1 Å². The molecule has 0 saturated carbocycles. The Labute approximate surface area is 189 Å². The molecule has 4 rings (SSSR count). The van der Waals surface area contributed by atoms with E-state index in [0.717, 1.165) is 48.8 Å². The van der Waals surface area contributed by atoms with Gasteiger partial charge in [-0.3, -0.25) is 9.59 Å². The summed E-state index contributed by atoms with van der Waals surface area (Å²) in [6, 6.07) is 9.62. The predicted octanol–water partition coefficient (Wildman–Crippen LogP) is 1.82. The minimum Gasteiger partial charge on any atom is -0.495 e. The van der Waals surface area contributed by atoms with Crippen molar-refractivity contribution in [2.75, 3.05) is 56.7 Å². The van der Waals surface area contributed by atoms with Crippen molar-refractivity contribution in [3.63, 3.8) is 0 Å². The van der Waals surface area contributed by atoms with Gasteiger partial charge < -0.3 is 24.8 Å². The average molecular weight is 438 g/mol. The summed E-state index contributed by atoms with van der Waals surface area (Å²) < 4.78 is 5.43. The average Bonchev–Trinajstić information content (AvgIpc) is 3.20. The molecule has 0 spiro atoms. The number of benzene rings is 1. The topological polar surface area (TPSA) is 78.0 Å². The van der Waals surface area contributed by atoms with Gasteiger partial charge in [0.1, 0.15) is 11.6 Å². The van der Waals surface area contributed by atoms with Crippen LogP contribution >= 0.6 is 0 Å². The Morgan fingerprint density at radius 1 is 1.22 bits per heavy atom. The Balaban J connectivity index is 1.41. The molecule has 8 nitrogen and oxygen atoms in total. The number of anilines is 2. The molecule has 0 aliphatic carbocycles. The fraction of sp³-hybridized carbons (Fsp3) is 0.458. The number of amides is 2. The van der Waals surface area contributed by atoms with E-state index in [-0.39, 0.29) is 18.2 Å². The minimum atomic E-state index is -0.392. The summed E-state index contributed by atoms with van der Waals surface area (Å²) in [6.45, 7) is 6.53. The molecule has 2 amide bonds. The fourth-order valence-corrected chi connectivity index (χ4v) is 4.32. The molecule has 2 saturated heterocycles. The largest absolute Gasteiger partial charge is 0.495 e. The van der Waals surface area contributed by atoms with Crippen LogP contribution in [0.1, 0.15) is 17.5 Å². The summed E-state index contributed by atoms with van der Waals surface area (Å²) in [5.41, 5.74) is 2.75. The van der Waals surface area contributed by atoms with Gasteiger partial charge in [0.15, 0.2) is 0 Å². The molecule has 1 aromatic carbocycles. The molecule has 170 valence electrons. The molecule has 2 aliphatic rings. The zero-order chi connectivity index (χ0) is 22.7. The first-order chi connectivity index (χ1) is 15.5. The van der Waals surface area contributed by atoms with Crippen LogP contribution in [0, 0.1) is 12.8 Å². The van der Waals surface area contributed by atoms with Crippen molar-refractivity contribution in [2.45, 2.75) is 19.9 Å². The molecular formula is C24H31N5O3. The Hall–Kier alpha value is -3.13. The SMILES string of the molecule is COc1ccc(C)cc1N1CC(C(=O)NCc2cccnc2N2CCN(C)CC2)CC1=O. The van der Waals surface area contributed by atoms with Crippen molar-refractivity contribution < 1.29 is 14.3 Å². The summed E-state index contributed by atoms with van der Waals surface area (Å²) in [6.07, 6.45) is 1.99. The van der Waals surface area contributed by atoms with Gasteiger partial charge in [0, 0.05) is 57.4 Å². The third kappa shape index (κ3) is 4.70. The normalized spacial score (nSPS) is 19.3. The molecule has 1 aromatic heterocycles. The number of nitrogens with one attached hydrogen (secondary N) is 1. The summed E-state index contributed by atoms with van der Waals surface area (Å²) in [5, 5.41) is 3.04. The Morgan fingerprint density at radius 3 is 2.75 bits per heavy atom. The number of nitrogens with zero attached hydrogens (tertiary/aromatic N) is 4. The van der Waals surface area contributed by atoms with Crippen molar-refractivity contribution in [1.29, 1.82) is 0 Å². The van der Waals surface area contributed by atoms with Crippen molar-refractivity contribution in [1.82, 2.24) is 15.2 Å². The molecular weight excluding hydrogens is 406 g/mol. The summed E-state index contributed by atoms with van der Waals surface area (Å²) in [5.74, 6) is 0.998. The lowest BCUT2D eigenvalue weighted by atomic mass is 10.1. The number of carbonyl (C=O) groups excluding carboxylic acids is 2. The second kappa shape index (κ2) is 9.56. The van der Waals surface area contributed by atoms with Crippen LogP contribution in [0.25, 0.3) is 0 Å². The van der Waals surface area contributed by atoms with E-state index in [9.17, 15) is 9.59 Å². The van der Waals surface area contributed by atoms with Gasteiger partial charge in [-0.2, -0.15) is 0 Å². The standard InChI is InChI=1S/C24H31N5O3/c1-17-6-7-21(32-3)20(13-17)29-16-19(14-22(29)30)24(31)26-15-18-5-4-8-25-23(18)28-11-9-27(2)10-12-28/h4-8,13,19H,9-12,14-16H2,1-3H3,(H,26,31).